The van der Waals surface area contributed by atoms with Gasteiger partial charge in [-0.3, -0.25) is 14.4 Å². The molecule has 0 saturated carbocycles. The van der Waals surface area contributed by atoms with Crippen molar-refractivity contribution in [3.63, 3.8) is 0 Å². The van der Waals surface area contributed by atoms with Crippen molar-refractivity contribution in [2.45, 2.75) is 79.6 Å². The molecule has 23 heavy (non-hydrogen) atoms. The Hall–Kier alpha value is -1.39. The van der Waals surface area contributed by atoms with Gasteiger partial charge in [-0.05, 0) is 31.6 Å². The van der Waals surface area contributed by atoms with Crippen molar-refractivity contribution in [2.24, 2.45) is 11.8 Å². The Morgan fingerprint density at radius 2 is 1.39 bits per heavy atom. The molecule has 0 aliphatic heterocycles. The van der Waals surface area contributed by atoms with Crippen molar-refractivity contribution < 1.29 is 24.2 Å². The van der Waals surface area contributed by atoms with Crippen LogP contribution in [0.1, 0.15) is 79.6 Å². The predicted molar refractivity (Wildman–Crippen MR) is 91.3 cm³/mol. The van der Waals surface area contributed by atoms with Crippen molar-refractivity contribution in [2.75, 3.05) is 6.61 Å². The van der Waals surface area contributed by atoms with Gasteiger partial charge < -0.3 is 9.84 Å². The maximum atomic E-state index is 11.2. The molecule has 1 N–H and O–H groups in total. The van der Waals surface area contributed by atoms with E-state index in [1.165, 1.54) is 0 Å². The van der Waals surface area contributed by atoms with Crippen LogP contribution >= 0.6 is 0 Å². The highest BCUT2D eigenvalue weighted by Crippen LogP contribution is 2.10. The highest BCUT2D eigenvalue weighted by molar-refractivity contribution is 5.95. The molecule has 2 atom stereocenters. The molecular formula is C18H34O5. The van der Waals surface area contributed by atoms with Crippen LogP contribution in [0.3, 0.4) is 0 Å². The second-order valence-electron chi connectivity index (χ2n) is 6.02. The number of hydrogen-bond acceptors (Lipinski definition) is 4. The van der Waals surface area contributed by atoms with Crippen LogP contribution in [0.25, 0.3) is 0 Å². The van der Waals surface area contributed by atoms with Crippen molar-refractivity contribution in [3.8, 4) is 0 Å². The fourth-order valence-electron chi connectivity index (χ4n) is 1.65. The number of esters is 1. The number of rotatable bonds is 11. The van der Waals surface area contributed by atoms with E-state index in [0.717, 1.165) is 25.7 Å². The lowest BCUT2D eigenvalue weighted by Crippen LogP contribution is -2.11. The van der Waals surface area contributed by atoms with E-state index in [1.54, 1.807) is 6.92 Å². The van der Waals surface area contributed by atoms with Gasteiger partial charge in [-0.2, -0.15) is 0 Å². The number of aliphatic carboxylic acids is 1. The Kier molecular flexibility index (Phi) is 16.1. The summed E-state index contributed by atoms with van der Waals surface area (Å²) in [6.45, 7) is 10.4. The Morgan fingerprint density at radius 3 is 1.78 bits per heavy atom. The minimum atomic E-state index is -0.685. The average Bonchev–Trinajstić information content (AvgIpc) is 2.50. The molecule has 5 nitrogen and oxygen atoms in total. The lowest BCUT2D eigenvalue weighted by molar-refractivity contribution is -0.145. The van der Waals surface area contributed by atoms with Crippen LogP contribution in [-0.2, 0) is 19.1 Å². The lowest BCUT2D eigenvalue weighted by atomic mass is 10.0. The van der Waals surface area contributed by atoms with Gasteiger partial charge in [-0.15, -0.1) is 0 Å². The van der Waals surface area contributed by atoms with Crippen LogP contribution in [-0.4, -0.2) is 29.4 Å². The summed E-state index contributed by atoms with van der Waals surface area (Å²) in [5, 5.41) is 8.26. The van der Waals surface area contributed by atoms with Gasteiger partial charge >= 0.3 is 11.9 Å². The standard InChI is InChI=1S/C11H20O3.C7H14O2/c1-4-9(3)6-7-10(12)8-11(13)14-5-2;1-3-6(2)4-5-7(8)9/h9H,4-8H2,1-3H3;6H,3-5H2,1-2H3,(H,8,9)/t9-;6-/m00/s1. The molecule has 0 heterocycles. The summed E-state index contributed by atoms with van der Waals surface area (Å²) in [6.07, 6.45) is 4.58. The van der Waals surface area contributed by atoms with Gasteiger partial charge in [0.2, 0.25) is 0 Å². The molecular weight excluding hydrogens is 296 g/mol. The first-order chi connectivity index (χ1) is 10.8. The molecule has 0 rings (SSSR count). The highest BCUT2D eigenvalue weighted by atomic mass is 16.5. The van der Waals surface area contributed by atoms with Crippen LogP contribution in [0, 0.1) is 11.8 Å². The first kappa shape index (κ1) is 23.9. The van der Waals surface area contributed by atoms with E-state index in [-0.39, 0.29) is 12.2 Å². The fraction of sp³-hybridized carbons (Fsp3) is 0.833. The second kappa shape index (κ2) is 15.5. The summed E-state index contributed by atoms with van der Waals surface area (Å²) in [7, 11) is 0. The number of ketones is 1. The van der Waals surface area contributed by atoms with Crippen molar-refractivity contribution >= 4 is 17.7 Å². The predicted octanol–water partition coefficient (Wildman–Crippen LogP) is 4.23. The van der Waals surface area contributed by atoms with Crippen LogP contribution in [0.15, 0.2) is 0 Å². The summed E-state index contributed by atoms with van der Waals surface area (Å²) >= 11 is 0. The number of carbonyl (C=O) groups is 3. The number of ether oxygens (including phenoxy) is 1. The first-order valence-electron chi connectivity index (χ1n) is 8.65. The average molecular weight is 330 g/mol. The summed E-state index contributed by atoms with van der Waals surface area (Å²) in [4.78, 5) is 32.2. The van der Waals surface area contributed by atoms with Gasteiger partial charge in [-0.1, -0.05) is 40.5 Å². The quantitative estimate of drug-likeness (QED) is 0.453. The van der Waals surface area contributed by atoms with Gasteiger partial charge in [0.25, 0.3) is 0 Å². The van der Waals surface area contributed by atoms with Gasteiger partial charge in [0.1, 0.15) is 12.2 Å². The van der Waals surface area contributed by atoms with E-state index < -0.39 is 11.9 Å². The zero-order chi connectivity index (χ0) is 18.3. The zero-order valence-electron chi connectivity index (χ0n) is 15.4. The van der Waals surface area contributed by atoms with E-state index in [4.69, 9.17) is 5.11 Å². The summed E-state index contributed by atoms with van der Waals surface area (Å²) in [5.41, 5.74) is 0. The molecule has 0 aromatic heterocycles. The summed E-state index contributed by atoms with van der Waals surface area (Å²) < 4.78 is 4.69. The van der Waals surface area contributed by atoms with Crippen LogP contribution in [0.4, 0.5) is 0 Å². The van der Waals surface area contributed by atoms with E-state index in [9.17, 15) is 14.4 Å². The number of carboxylic acids is 1. The van der Waals surface area contributed by atoms with Crippen LogP contribution in [0.5, 0.6) is 0 Å². The molecule has 0 radical (unpaired) electrons. The molecule has 0 bridgehead atoms. The number of carboxylic acid groups (broad SMARTS) is 1. The molecule has 0 aromatic rings. The third-order valence-corrected chi connectivity index (χ3v) is 3.81. The molecule has 0 aliphatic carbocycles. The molecule has 0 unspecified atom stereocenters. The summed E-state index contributed by atoms with van der Waals surface area (Å²) in [5.74, 6) is 0.0166. The molecule has 0 amide bonds. The molecule has 0 fully saturated rings. The lowest BCUT2D eigenvalue weighted by Gasteiger charge is -2.06. The third kappa shape index (κ3) is 18.6. The zero-order valence-corrected chi connectivity index (χ0v) is 15.4. The largest absolute Gasteiger partial charge is 0.481 e. The minimum Gasteiger partial charge on any atom is -0.481 e. The van der Waals surface area contributed by atoms with Gasteiger partial charge in [-0.25, -0.2) is 0 Å². The van der Waals surface area contributed by atoms with Gasteiger partial charge in [0.15, 0.2) is 0 Å². The van der Waals surface area contributed by atoms with E-state index in [1.807, 2.05) is 0 Å². The highest BCUT2D eigenvalue weighted by Gasteiger charge is 2.11. The molecule has 0 saturated heterocycles. The molecule has 0 spiro atoms. The van der Waals surface area contributed by atoms with Crippen molar-refractivity contribution in [1.29, 1.82) is 0 Å². The Morgan fingerprint density at radius 1 is 0.913 bits per heavy atom. The SMILES string of the molecule is CCOC(=O)CC(=O)CC[C@@H](C)CC.CC[C@H](C)CCC(=O)O. The molecule has 136 valence electrons. The Labute approximate surface area is 140 Å². The van der Waals surface area contributed by atoms with E-state index in [0.29, 0.717) is 31.3 Å². The number of carbonyl (C=O) groups excluding carboxylic acids is 2. The van der Waals surface area contributed by atoms with E-state index in [2.05, 4.69) is 32.4 Å². The minimum absolute atomic E-state index is 0.0104. The number of Topliss-reactive ketones (excluding diaryl/α,β-unsaturated/α-hetero) is 1. The topological polar surface area (TPSA) is 80.7 Å². The molecule has 0 aliphatic rings. The maximum absolute atomic E-state index is 11.2. The third-order valence-electron chi connectivity index (χ3n) is 3.81. The smallest absolute Gasteiger partial charge is 0.313 e. The van der Waals surface area contributed by atoms with Crippen molar-refractivity contribution in [3.05, 3.63) is 0 Å². The van der Waals surface area contributed by atoms with Crippen molar-refractivity contribution in [1.82, 2.24) is 0 Å². The van der Waals surface area contributed by atoms with E-state index >= 15 is 0 Å². The molecule has 0 aromatic carbocycles. The molecule has 5 heteroatoms. The first-order valence-corrected chi connectivity index (χ1v) is 8.65. The maximum Gasteiger partial charge on any atom is 0.313 e. The normalized spacial score (nSPS) is 12.6. The number of hydrogen-bond donors (Lipinski definition) is 1. The Bertz CT molecular complexity index is 338. The van der Waals surface area contributed by atoms with Crippen LogP contribution < -0.4 is 0 Å². The van der Waals surface area contributed by atoms with Gasteiger partial charge in [0, 0.05) is 12.8 Å². The Balaban J connectivity index is 0. The summed E-state index contributed by atoms with van der Waals surface area (Å²) in [6, 6.07) is 0. The fourth-order valence-corrected chi connectivity index (χ4v) is 1.65. The monoisotopic (exact) mass is 330 g/mol. The van der Waals surface area contributed by atoms with Gasteiger partial charge in [0.05, 0.1) is 6.61 Å². The van der Waals surface area contributed by atoms with Crippen LogP contribution in [0.2, 0.25) is 0 Å². The second-order valence-corrected chi connectivity index (χ2v) is 6.02.